The molecule has 0 saturated heterocycles. The third kappa shape index (κ3) is 3.32. The molecule has 1 aromatic rings. The quantitative estimate of drug-likeness (QED) is 0.638. The fourth-order valence-corrected chi connectivity index (χ4v) is 1.14. The molecule has 0 amide bonds. The van der Waals surface area contributed by atoms with Crippen molar-refractivity contribution in [2.24, 2.45) is 5.73 Å². The van der Waals surface area contributed by atoms with Gasteiger partial charge in [-0.05, 0) is 18.1 Å². The van der Waals surface area contributed by atoms with Gasteiger partial charge in [0.2, 0.25) is 0 Å². The molecule has 1 rings (SSSR count). The zero-order valence-corrected chi connectivity index (χ0v) is 8.11. The SMILES string of the molecule is NC(Cc1cc(F)cnc1Cl)C(F)(F)F. The van der Waals surface area contributed by atoms with E-state index in [-0.39, 0.29) is 10.7 Å². The van der Waals surface area contributed by atoms with Gasteiger partial charge in [-0.2, -0.15) is 13.2 Å². The summed E-state index contributed by atoms with van der Waals surface area (Å²) in [6.45, 7) is 0. The van der Waals surface area contributed by atoms with Crippen LogP contribution >= 0.6 is 11.6 Å². The summed E-state index contributed by atoms with van der Waals surface area (Å²) in [5, 5.41) is -0.170. The molecule has 0 aliphatic heterocycles. The molecule has 1 unspecified atom stereocenters. The number of rotatable bonds is 2. The van der Waals surface area contributed by atoms with Crippen LogP contribution in [0.4, 0.5) is 17.6 Å². The Bertz CT molecular complexity index is 353. The third-order valence-corrected chi connectivity index (χ3v) is 2.08. The standard InChI is InChI=1S/C8H7ClF4N2/c9-7-4(1-5(10)3-15-7)2-6(14)8(11,12)13/h1,3,6H,2,14H2. The molecule has 0 aliphatic rings. The number of halogens is 5. The van der Waals surface area contributed by atoms with Gasteiger partial charge in [-0.15, -0.1) is 0 Å². The molecule has 2 nitrogen and oxygen atoms in total. The fourth-order valence-electron chi connectivity index (χ4n) is 0.960. The molecule has 0 radical (unpaired) electrons. The minimum Gasteiger partial charge on any atom is -0.320 e. The maximum Gasteiger partial charge on any atom is 0.403 e. The lowest BCUT2D eigenvalue weighted by Crippen LogP contribution is -2.39. The van der Waals surface area contributed by atoms with Gasteiger partial charge in [-0.3, -0.25) is 0 Å². The lowest BCUT2D eigenvalue weighted by atomic mass is 10.1. The van der Waals surface area contributed by atoms with Crippen LogP contribution in [-0.4, -0.2) is 17.2 Å². The van der Waals surface area contributed by atoms with Crippen molar-refractivity contribution in [2.75, 3.05) is 0 Å². The van der Waals surface area contributed by atoms with Gasteiger partial charge in [-0.1, -0.05) is 11.6 Å². The van der Waals surface area contributed by atoms with E-state index in [9.17, 15) is 17.6 Å². The van der Waals surface area contributed by atoms with Crippen LogP contribution < -0.4 is 5.73 Å². The highest BCUT2D eigenvalue weighted by atomic mass is 35.5. The van der Waals surface area contributed by atoms with Crippen LogP contribution in [0.25, 0.3) is 0 Å². The number of hydrogen-bond acceptors (Lipinski definition) is 2. The summed E-state index contributed by atoms with van der Waals surface area (Å²) >= 11 is 5.49. The first-order chi connectivity index (χ1) is 6.80. The topological polar surface area (TPSA) is 38.9 Å². The van der Waals surface area contributed by atoms with Crippen LogP contribution in [0.5, 0.6) is 0 Å². The molecule has 0 saturated carbocycles. The van der Waals surface area contributed by atoms with Crippen molar-refractivity contribution in [3.05, 3.63) is 28.8 Å². The molecule has 1 atom stereocenters. The van der Waals surface area contributed by atoms with E-state index < -0.39 is 24.5 Å². The van der Waals surface area contributed by atoms with Crippen molar-refractivity contribution < 1.29 is 17.6 Å². The van der Waals surface area contributed by atoms with E-state index in [1.54, 1.807) is 0 Å². The highest BCUT2D eigenvalue weighted by Crippen LogP contribution is 2.23. The summed E-state index contributed by atoms with van der Waals surface area (Å²) in [5.74, 6) is -0.747. The summed E-state index contributed by atoms with van der Waals surface area (Å²) in [4.78, 5) is 3.38. The molecular formula is C8H7ClF4N2. The molecular weight excluding hydrogens is 236 g/mol. The smallest absolute Gasteiger partial charge is 0.320 e. The summed E-state index contributed by atoms with van der Waals surface area (Å²) in [6.07, 6.45) is -4.30. The minimum atomic E-state index is -4.53. The van der Waals surface area contributed by atoms with Crippen LogP contribution in [-0.2, 0) is 6.42 Å². The number of pyridine rings is 1. The van der Waals surface area contributed by atoms with E-state index in [0.29, 0.717) is 0 Å². The lowest BCUT2D eigenvalue weighted by Gasteiger charge is -2.15. The lowest BCUT2D eigenvalue weighted by molar-refractivity contribution is -0.147. The Balaban J connectivity index is 2.85. The van der Waals surface area contributed by atoms with Crippen LogP contribution in [0, 0.1) is 5.82 Å². The highest BCUT2D eigenvalue weighted by molar-refractivity contribution is 6.30. The first-order valence-corrected chi connectivity index (χ1v) is 4.30. The third-order valence-electron chi connectivity index (χ3n) is 1.74. The molecule has 7 heteroatoms. The maximum absolute atomic E-state index is 12.7. The Hall–Kier alpha value is -0.880. The van der Waals surface area contributed by atoms with Crippen molar-refractivity contribution in [3.8, 4) is 0 Å². The van der Waals surface area contributed by atoms with Crippen molar-refractivity contribution in [1.82, 2.24) is 4.98 Å². The predicted octanol–water partition coefficient (Wildman–Crippen LogP) is 2.31. The molecule has 0 aromatic carbocycles. The Kier molecular flexibility index (Phi) is 3.51. The number of nitrogens with two attached hydrogens (primary N) is 1. The Morgan fingerprint density at radius 1 is 1.47 bits per heavy atom. The predicted molar refractivity (Wildman–Crippen MR) is 46.9 cm³/mol. The van der Waals surface area contributed by atoms with Gasteiger partial charge in [0.05, 0.1) is 6.20 Å². The summed E-state index contributed by atoms with van der Waals surface area (Å²) < 4.78 is 48.9. The van der Waals surface area contributed by atoms with Crippen LogP contribution in [0.15, 0.2) is 12.3 Å². The van der Waals surface area contributed by atoms with E-state index in [2.05, 4.69) is 4.98 Å². The average Bonchev–Trinajstić information content (AvgIpc) is 2.09. The van der Waals surface area contributed by atoms with E-state index >= 15 is 0 Å². The van der Waals surface area contributed by atoms with Crippen molar-refractivity contribution >= 4 is 11.6 Å². The highest BCUT2D eigenvalue weighted by Gasteiger charge is 2.36. The Labute approximate surface area is 88.1 Å². The zero-order valence-electron chi connectivity index (χ0n) is 7.35. The maximum atomic E-state index is 12.7. The molecule has 15 heavy (non-hydrogen) atoms. The van der Waals surface area contributed by atoms with Gasteiger partial charge < -0.3 is 5.73 Å². The van der Waals surface area contributed by atoms with Gasteiger partial charge in [-0.25, -0.2) is 9.37 Å². The molecule has 0 aliphatic carbocycles. The number of aromatic nitrogens is 1. The first kappa shape index (κ1) is 12.2. The van der Waals surface area contributed by atoms with Gasteiger partial charge in [0, 0.05) is 0 Å². The van der Waals surface area contributed by atoms with Gasteiger partial charge >= 0.3 is 6.18 Å². The van der Waals surface area contributed by atoms with Gasteiger partial charge in [0.25, 0.3) is 0 Å². The largest absolute Gasteiger partial charge is 0.403 e. The van der Waals surface area contributed by atoms with Crippen LogP contribution in [0.3, 0.4) is 0 Å². The van der Waals surface area contributed by atoms with Crippen LogP contribution in [0.2, 0.25) is 5.15 Å². The second-order valence-corrected chi connectivity index (χ2v) is 3.31. The Morgan fingerprint density at radius 2 is 2.07 bits per heavy atom. The van der Waals surface area contributed by atoms with Crippen molar-refractivity contribution in [1.29, 1.82) is 0 Å². The molecule has 84 valence electrons. The molecule has 2 N–H and O–H groups in total. The van der Waals surface area contributed by atoms with E-state index in [1.807, 2.05) is 0 Å². The number of alkyl halides is 3. The van der Waals surface area contributed by atoms with Gasteiger partial charge in [0.15, 0.2) is 0 Å². The van der Waals surface area contributed by atoms with Crippen molar-refractivity contribution in [2.45, 2.75) is 18.6 Å². The van der Waals surface area contributed by atoms with Crippen molar-refractivity contribution in [3.63, 3.8) is 0 Å². The van der Waals surface area contributed by atoms with E-state index in [0.717, 1.165) is 12.3 Å². The van der Waals surface area contributed by atoms with E-state index in [4.69, 9.17) is 17.3 Å². The average molecular weight is 243 g/mol. The second kappa shape index (κ2) is 4.32. The molecule has 1 aromatic heterocycles. The summed E-state index contributed by atoms with van der Waals surface area (Å²) in [6, 6.07) is -1.18. The number of hydrogen-bond donors (Lipinski definition) is 1. The number of nitrogens with zero attached hydrogens (tertiary/aromatic N) is 1. The zero-order chi connectivity index (χ0) is 11.6. The summed E-state index contributed by atoms with van der Waals surface area (Å²) in [5.41, 5.74) is 4.81. The first-order valence-electron chi connectivity index (χ1n) is 3.93. The summed E-state index contributed by atoms with van der Waals surface area (Å²) in [7, 11) is 0. The monoisotopic (exact) mass is 242 g/mol. The molecule has 0 bridgehead atoms. The second-order valence-electron chi connectivity index (χ2n) is 2.96. The Morgan fingerprint density at radius 3 is 2.60 bits per heavy atom. The van der Waals surface area contributed by atoms with Gasteiger partial charge in [0.1, 0.15) is 17.0 Å². The fraction of sp³-hybridized carbons (Fsp3) is 0.375. The normalized spacial score (nSPS) is 14.0. The van der Waals surface area contributed by atoms with E-state index in [1.165, 1.54) is 0 Å². The molecule has 0 spiro atoms. The van der Waals surface area contributed by atoms with Crippen LogP contribution in [0.1, 0.15) is 5.56 Å². The molecule has 1 heterocycles. The molecule has 0 fully saturated rings. The minimum absolute atomic E-state index is 0.0542.